The minimum atomic E-state index is -0.195. The van der Waals surface area contributed by atoms with Gasteiger partial charge in [-0.1, -0.05) is 18.2 Å². The summed E-state index contributed by atoms with van der Waals surface area (Å²) in [7, 11) is 0. The summed E-state index contributed by atoms with van der Waals surface area (Å²) in [6.45, 7) is 5.79. The highest BCUT2D eigenvalue weighted by molar-refractivity contribution is 7.12. The van der Waals surface area contributed by atoms with Crippen LogP contribution >= 0.6 is 23.7 Å². The summed E-state index contributed by atoms with van der Waals surface area (Å²) in [5.74, 6) is -0.355. The minimum absolute atomic E-state index is 0. The molecular formula is C19H25ClN4O2S. The van der Waals surface area contributed by atoms with Gasteiger partial charge in [0, 0.05) is 32.7 Å². The highest BCUT2D eigenvalue weighted by atomic mass is 35.5. The van der Waals surface area contributed by atoms with Crippen LogP contribution in [0.15, 0.2) is 41.8 Å². The van der Waals surface area contributed by atoms with Gasteiger partial charge in [0.1, 0.15) is 0 Å². The van der Waals surface area contributed by atoms with Crippen LogP contribution in [0.25, 0.3) is 0 Å². The van der Waals surface area contributed by atoms with E-state index in [1.165, 1.54) is 11.3 Å². The number of halogens is 1. The molecule has 0 spiro atoms. The third kappa shape index (κ3) is 6.32. The standard InChI is InChI=1S/C19H24N4O2S.ClH/c24-18(21-8-4-11-23-12-9-20-10-13-23)15-5-1-2-6-16(15)22-19(25)17-7-3-14-26-17;/h1-3,5-7,14,20H,4,8-13H2,(H,21,24)(H,22,25);1H. The van der Waals surface area contributed by atoms with Gasteiger partial charge in [-0.25, -0.2) is 0 Å². The molecule has 1 fully saturated rings. The number of thiophene rings is 1. The summed E-state index contributed by atoms with van der Waals surface area (Å²) >= 11 is 1.37. The van der Waals surface area contributed by atoms with Crippen molar-refractivity contribution in [3.63, 3.8) is 0 Å². The van der Waals surface area contributed by atoms with Crippen molar-refractivity contribution in [2.45, 2.75) is 6.42 Å². The molecule has 0 unspecified atom stereocenters. The molecule has 1 aliphatic heterocycles. The number of carbonyl (C=O) groups is 2. The number of hydrogen-bond acceptors (Lipinski definition) is 5. The van der Waals surface area contributed by atoms with Crippen molar-refractivity contribution in [2.24, 2.45) is 0 Å². The Balaban J connectivity index is 0.00000261. The molecule has 3 rings (SSSR count). The monoisotopic (exact) mass is 408 g/mol. The lowest BCUT2D eigenvalue weighted by Crippen LogP contribution is -2.44. The lowest BCUT2D eigenvalue weighted by Gasteiger charge is -2.27. The zero-order chi connectivity index (χ0) is 18.2. The number of anilines is 1. The lowest BCUT2D eigenvalue weighted by atomic mass is 10.1. The first-order valence-corrected chi connectivity index (χ1v) is 9.77. The van der Waals surface area contributed by atoms with Gasteiger partial charge >= 0.3 is 0 Å². The van der Waals surface area contributed by atoms with E-state index in [4.69, 9.17) is 0 Å². The fraction of sp³-hybridized carbons (Fsp3) is 0.368. The van der Waals surface area contributed by atoms with E-state index in [0.29, 0.717) is 22.7 Å². The number of benzene rings is 1. The van der Waals surface area contributed by atoms with Gasteiger partial charge in [-0.3, -0.25) is 9.59 Å². The van der Waals surface area contributed by atoms with Crippen LogP contribution in [-0.2, 0) is 0 Å². The lowest BCUT2D eigenvalue weighted by molar-refractivity contribution is 0.0952. The van der Waals surface area contributed by atoms with Gasteiger partial charge in [0.25, 0.3) is 11.8 Å². The fourth-order valence-electron chi connectivity index (χ4n) is 2.92. The van der Waals surface area contributed by atoms with Gasteiger partial charge < -0.3 is 20.9 Å². The van der Waals surface area contributed by atoms with E-state index in [0.717, 1.165) is 39.1 Å². The van der Waals surface area contributed by atoms with Gasteiger partial charge in [-0.05, 0) is 36.5 Å². The number of hydrogen-bond donors (Lipinski definition) is 3. The Morgan fingerprint density at radius 2 is 1.85 bits per heavy atom. The maximum atomic E-state index is 12.5. The summed E-state index contributed by atoms with van der Waals surface area (Å²) in [4.78, 5) is 27.8. The van der Waals surface area contributed by atoms with Crippen LogP contribution in [0.2, 0.25) is 0 Å². The second-order valence-electron chi connectivity index (χ2n) is 6.18. The molecule has 146 valence electrons. The first kappa shape index (κ1) is 21.4. The molecule has 6 nitrogen and oxygen atoms in total. The van der Waals surface area contributed by atoms with Crippen molar-refractivity contribution in [3.05, 3.63) is 52.2 Å². The van der Waals surface area contributed by atoms with E-state index >= 15 is 0 Å². The Labute approximate surface area is 169 Å². The van der Waals surface area contributed by atoms with Crippen LogP contribution in [-0.4, -0.2) is 56.0 Å². The van der Waals surface area contributed by atoms with E-state index in [2.05, 4.69) is 20.9 Å². The molecule has 2 aromatic rings. The molecule has 1 aromatic carbocycles. The maximum Gasteiger partial charge on any atom is 0.265 e. The number of piperazine rings is 1. The van der Waals surface area contributed by atoms with E-state index < -0.39 is 0 Å². The molecule has 1 saturated heterocycles. The molecule has 0 saturated carbocycles. The zero-order valence-electron chi connectivity index (χ0n) is 15.1. The normalized spacial score (nSPS) is 14.2. The molecule has 0 bridgehead atoms. The number of para-hydroxylation sites is 1. The highest BCUT2D eigenvalue weighted by Gasteiger charge is 2.14. The average molecular weight is 409 g/mol. The van der Waals surface area contributed by atoms with Gasteiger partial charge in [0.15, 0.2) is 0 Å². The second kappa shape index (κ2) is 11.0. The Hall–Kier alpha value is -1.93. The highest BCUT2D eigenvalue weighted by Crippen LogP contribution is 2.18. The van der Waals surface area contributed by atoms with Gasteiger partial charge in [0.2, 0.25) is 0 Å². The predicted octanol–water partition coefficient (Wildman–Crippen LogP) is 2.45. The summed E-state index contributed by atoms with van der Waals surface area (Å²) in [5.41, 5.74) is 1.02. The van der Waals surface area contributed by atoms with Crippen molar-refractivity contribution in [3.8, 4) is 0 Å². The van der Waals surface area contributed by atoms with E-state index in [-0.39, 0.29) is 24.2 Å². The molecule has 3 N–H and O–H groups in total. The predicted molar refractivity (Wildman–Crippen MR) is 112 cm³/mol. The third-order valence-corrected chi connectivity index (χ3v) is 5.18. The van der Waals surface area contributed by atoms with Crippen LogP contribution < -0.4 is 16.0 Å². The number of nitrogens with zero attached hydrogens (tertiary/aromatic N) is 1. The molecule has 1 aliphatic rings. The molecule has 0 atom stereocenters. The van der Waals surface area contributed by atoms with E-state index in [1.807, 2.05) is 17.5 Å². The van der Waals surface area contributed by atoms with Crippen LogP contribution in [0.3, 0.4) is 0 Å². The zero-order valence-corrected chi connectivity index (χ0v) is 16.7. The molecule has 2 heterocycles. The summed E-state index contributed by atoms with van der Waals surface area (Å²) in [5, 5.41) is 11.0. The summed E-state index contributed by atoms with van der Waals surface area (Å²) < 4.78 is 0. The summed E-state index contributed by atoms with van der Waals surface area (Å²) in [6, 6.07) is 10.7. The van der Waals surface area contributed by atoms with E-state index in [9.17, 15) is 9.59 Å². The quantitative estimate of drug-likeness (QED) is 0.615. The minimum Gasteiger partial charge on any atom is -0.352 e. The fourth-order valence-corrected chi connectivity index (χ4v) is 3.54. The number of rotatable bonds is 7. The van der Waals surface area contributed by atoms with Gasteiger partial charge in [-0.15, -0.1) is 23.7 Å². The van der Waals surface area contributed by atoms with Crippen molar-refractivity contribution in [2.75, 3.05) is 44.6 Å². The molecule has 27 heavy (non-hydrogen) atoms. The molecule has 1 aromatic heterocycles. The number of carbonyl (C=O) groups excluding carboxylic acids is 2. The average Bonchev–Trinajstić information content (AvgIpc) is 3.21. The Morgan fingerprint density at radius 3 is 2.59 bits per heavy atom. The van der Waals surface area contributed by atoms with E-state index in [1.54, 1.807) is 24.3 Å². The van der Waals surface area contributed by atoms with Crippen molar-refractivity contribution in [1.29, 1.82) is 0 Å². The number of amides is 2. The third-order valence-electron chi connectivity index (χ3n) is 4.31. The summed E-state index contributed by atoms with van der Waals surface area (Å²) in [6.07, 6.45) is 0.912. The smallest absolute Gasteiger partial charge is 0.265 e. The van der Waals surface area contributed by atoms with Crippen molar-refractivity contribution >= 4 is 41.2 Å². The SMILES string of the molecule is Cl.O=C(Nc1ccccc1C(=O)NCCCN1CCNCC1)c1cccs1. The van der Waals surface area contributed by atoms with Crippen LogP contribution in [0, 0.1) is 0 Å². The van der Waals surface area contributed by atoms with Gasteiger partial charge in [0.05, 0.1) is 16.1 Å². The Morgan fingerprint density at radius 1 is 1.07 bits per heavy atom. The molecule has 8 heteroatoms. The van der Waals surface area contributed by atoms with Crippen LogP contribution in [0.5, 0.6) is 0 Å². The topological polar surface area (TPSA) is 73.5 Å². The molecule has 0 aliphatic carbocycles. The van der Waals surface area contributed by atoms with Crippen molar-refractivity contribution in [1.82, 2.24) is 15.5 Å². The maximum absolute atomic E-state index is 12.5. The molecular weight excluding hydrogens is 384 g/mol. The Bertz CT molecular complexity index is 733. The Kier molecular flexibility index (Phi) is 8.74. The molecule has 0 radical (unpaired) electrons. The van der Waals surface area contributed by atoms with Gasteiger partial charge in [-0.2, -0.15) is 0 Å². The first-order chi connectivity index (χ1) is 12.7. The molecule has 2 amide bonds. The second-order valence-corrected chi connectivity index (χ2v) is 7.13. The van der Waals surface area contributed by atoms with Crippen molar-refractivity contribution < 1.29 is 9.59 Å². The number of nitrogens with one attached hydrogen (secondary N) is 3. The van der Waals surface area contributed by atoms with Crippen LogP contribution in [0.1, 0.15) is 26.5 Å². The van der Waals surface area contributed by atoms with Crippen LogP contribution in [0.4, 0.5) is 5.69 Å². The first-order valence-electron chi connectivity index (χ1n) is 8.89. The largest absolute Gasteiger partial charge is 0.352 e.